The fourth-order valence-corrected chi connectivity index (χ4v) is 2.41. The van der Waals surface area contributed by atoms with Crippen LogP contribution in [0, 0.1) is 17.1 Å². The number of rotatable bonds is 4. The molecule has 3 aromatic rings. The summed E-state index contributed by atoms with van der Waals surface area (Å²) in [5, 5.41) is 14.3. The van der Waals surface area contributed by atoms with Crippen LogP contribution < -0.4 is 10.6 Å². The van der Waals surface area contributed by atoms with Gasteiger partial charge in [0.05, 0.1) is 11.6 Å². The standard InChI is InChI=1S/C21H14FN3O2/c22-17-7-9-18(10-8-17)24-20(26)15-4-2-5-16(12-15)21(27)25-19-6-1-3-14(11-19)13-23/h1-12H,(H,24,26)(H,25,27). The summed E-state index contributed by atoms with van der Waals surface area (Å²) in [5.41, 5.74) is 1.95. The molecule has 0 bridgehead atoms. The van der Waals surface area contributed by atoms with E-state index in [9.17, 15) is 14.0 Å². The molecule has 0 spiro atoms. The lowest BCUT2D eigenvalue weighted by Crippen LogP contribution is -2.15. The number of hydrogen-bond donors (Lipinski definition) is 2. The van der Waals surface area contributed by atoms with Crippen molar-refractivity contribution in [3.63, 3.8) is 0 Å². The van der Waals surface area contributed by atoms with Crippen molar-refractivity contribution in [2.45, 2.75) is 0 Å². The highest BCUT2D eigenvalue weighted by Crippen LogP contribution is 2.14. The van der Waals surface area contributed by atoms with Crippen LogP contribution in [0.4, 0.5) is 15.8 Å². The molecule has 0 saturated carbocycles. The van der Waals surface area contributed by atoms with Crippen LogP contribution in [0.15, 0.2) is 72.8 Å². The predicted molar refractivity (Wildman–Crippen MR) is 99.9 cm³/mol. The Morgan fingerprint density at radius 2 is 1.37 bits per heavy atom. The quantitative estimate of drug-likeness (QED) is 0.732. The number of amides is 2. The molecule has 132 valence electrons. The van der Waals surface area contributed by atoms with Crippen molar-refractivity contribution in [1.82, 2.24) is 0 Å². The normalized spacial score (nSPS) is 9.93. The van der Waals surface area contributed by atoms with Crippen molar-refractivity contribution in [2.24, 2.45) is 0 Å². The summed E-state index contributed by atoms with van der Waals surface area (Å²) in [7, 11) is 0. The van der Waals surface area contributed by atoms with E-state index in [0.717, 1.165) is 0 Å². The van der Waals surface area contributed by atoms with Crippen LogP contribution in [-0.2, 0) is 0 Å². The second-order valence-electron chi connectivity index (χ2n) is 5.69. The Morgan fingerprint density at radius 1 is 0.778 bits per heavy atom. The van der Waals surface area contributed by atoms with Gasteiger partial charge in [0.1, 0.15) is 5.82 Å². The summed E-state index contributed by atoms with van der Waals surface area (Å²) in [4.78, 5) is 24.8. The molecule has 3 rings (SSSR count). The lowest BCUT2D eigenvalue weighted by atomic mass is 10.1. The molecule has 0 fully saturated rings. The molecule has 0 radical (unpaired) electrons. The Balaban J connectivity index is 1.74. The smallest absolute Gasteiger partial charge is 0.255 e. The van der Waals surface area contributed by atoms with Gasteiger partial charge >= 0.3 is 0 Å². The van der Waals surface area contributed by atoms with Crippen molar-refractivity contribution in [3.8, 4) is 6.07 Å². The first kappa shape index (κ1) is 17.8. The fraction of sp³-hybridized carbons (Fsp3) is 0. The van der Waals surface area contributed by atoms with Crippen LogP contribution in [0.2, 0.25) is 0 Å². The maximum atomic E-state index is 12.9. The molecule has 0 atom stereocenters. The van der Waals surface area contributed by atoms with E-state index in [-0.39, 0.29) is 5.56 Å². The van der Waals surface area contributed by atoms with Gasteiger partial charge in [0.2, 0.25) is 0 Å². The van der Waals surface area contributed by atoms with E-state index in [1.165, 1.54) is 30.3 Å². The van der Waals surface area contributed by atoms with E-state index in [4.69, 9.17) is 5.26 Å². The highest BCUT2D eigenvalue weighted by molar-refractivity contribution is 6.08. The topological polar surface area (TPSA) is 82.0 Å². The van der Waals surface area contributed by atoms with Crippen LogP contribution >= 0.6 is 0 Å². The zero-order chi connectivity index (χ0) is 19.2. The van der Waals surface area contributed by atoms with Crippen molar-refractivity contribution in [1.29, 1.82) is 5.26 Å². The number of anilines is 2. The zero-order valence-corrected chi connectivity index (χ0v) is 14.1. The maximum Gasteiger partial charge on any atom is 0.255 e. The van der Waals surface area contributed by atoms with E-state index < -0.39 is 17.6 Å². The van der Waals surface area contributed by atoms with Gasteiger partial charge in [-0.2, -0.15) is 5.26 Å². The molecule has 0 aliphatic carbocycles. The summed E-state index contributed by atoms with van der Waals surface area (Å²) >= 11 is 0. The SMILES string of the molecule is N#Cc1cccc(NC(=O)c2cccc(C(=O)Nc3ccc(F)cc3)c2)c1. The minimum atomic E-state index is -0.414. The van der Waals surface area contributed by atoms with Crippen LogP contribution in [0.3, 0.4) is 0 Å². The molecular weight excluding hydrogens is 345 g/mol. The van der Waals surface area contributed by atoms with Gasteiger partial charge in [-0.05, 0) is 60.7 Å². The number of halogens is 1. The van der Waals surface area contributed by atoms with E-state index in [1.54, 1.807) is 42.5 Å². The lowest BCUT2D eigenvalue weighted by molar-refractivity contribution is 0.102. The summed E-state index contributed by atoms with van der Waals surface area (Å²) in [6.07, 6.45) is 0. The molecule has 3 aromatic carbocycles. The van der Waals surface area contributed by atoms with E-state index in [2.05, 4.69) is 10.6 Å². The molecule has 6 heteroatoms. The molecule has 0 heterocycles. The number of nitrogens with one attached hydrogen (secondary N) is 2. The number of carbonyl (C=O) groups excluding carboxylic acids is 2. The molecular formula is C21H14FN3O2. The molecule has 2 N–H and O–H groups in total. The molecule has 0 unspecified atom stereocenters. The largest absolute Gasteiger partial charge is 0.322 e. The Morgan fingerprint density at radius 3 is 2.00 bits per heavy atom. The van der Waals surface area contributed by atoms with Gasteiger partial charge in [0.25, 0.3) is 11.8 Å². The van der Waals surface area contributed by atoms with E-state index >= 15 is 0 Å². The van der Waals surface area contributed by atoms with Gasteiger partial charge in [-0.15, -0.1) is 0 Å². The third kappa shape index (κ3) is 4.55. The van der Waals surface area contributed by atoms with E-state index in [0.29, 0.717) is 22.5 Å². The maximum absolute atomic E-state index is 12.9. The number of benzene rings is 3. The van der Waals surface area contributed by atoms with Crippen LogP contribution in [-0.4, -0.2) is 11.8 Å². The fourth-order valence-electron chi connectivity index (χ4n) is 2.41. The Bertz CT molecular complexity index is 1040. The molecule has 0 saturated heterocycles. The molecule has 0 aliphatic rings. The van der Waals surface area contributed by atoms with Gasteiger partial charge in [-0.3, -0.25) is 9.59 Å². The van der Waals surface area contributed by atoms with Gasteiger partial charge in [0, 0.05) is 22.5 Å². The van der Waals surface area contributed by atoms with Gasteiger partial charge < -0.3 is 10.6 Å². The van der Waals surface area contributed by atoms with Gasteiger partial charge in [0.15, 0.2) is 0 Å². The third-order valence-electron chi connectivity index (χ3n) is 3.74. The summed E-state index contributed by atoms with van der Waals surface area (Å²) in [6.45, 7) is 0. The first-order valence-electron chi connectivity index (χ1n) is 8.03. The van der Waals surface area contributed by atoms with Crippen molar-refractivity contribution < 1.29 is 14.0 Å². The highest BCUT2D eigenvalue weighted by Gasteiger charge is 2.11. The van der Waals surface area contributed by atoms with Crippen molar-refractivity contribution in [2.75, 3.05) is 10.6 Å². The molecule has 2 amide bonds. The molecule has 0 aromatic heterocycles. The number of hydrogen-bond acceptors (Lipinski definition) is 3. The number of nitriles is 1. The average molecular weight is 359 g/mol. The van der Waals surface area contributed by atoms with E-state index in [1.807, 2.05) is 6.07 Å². The summed E-state index contributed by atoms with van der Waals surface area (Å²) in [6, 6.07) is 20.1. The first-order valence-corrected chi connectivity index (χ1v) is 8.03. The Kier molecular flexibility index (Phi) is 5.24. The summed E-state index contributed by atoms with van der Waals surface area (Å²) < 4.78 is 12.9. The van der Waals surface area contributed by atoms with Crippen LogP contribution in [0.5, 0.6) is 0 Å². The monoisotopic (exact) mass is 359 g/mol. The average Bonchev–Trinajstić information content (AvgIpc) is 2.70. The second kappa shape index (κ2) is 7.93. The molecule has 5 nitrogen and oxygen atoms in total. The van der Waals surface area contributed by atoms with Crippen molar-refractivity contribution >= 4 is 23.2 Å². The second-order valence-corrected chi connectivity index (χ2v) is 5.69. The number of nitrogens with zero attached hydrogens (tertiary/aromatic N) is 1. The molecule has 0 aliphatic heterocycles. The first-order chi connectivity index (χ1) is 13.0. The predicted octanol–water partition coefficient (Wildman–Crippen LogP) is 4.20. The Labute approximate surface area is 155 Å². The van der Waals surface area contributed by atoms with Crippen LogP contribution in [0.1, 0.15) is 26.3 Å². The molecule has 27 heavy (non-hydrogen) atoms. The van der Waals surface area contributed by atoms with Gasteiger partial charge in [-0.1, -0.05) is 12.1 Å². The van der Waals surface area contributed by atoms with Crippen molar-refractivity contribution in [3.05, 3.63) is 95.3 Å². The highest BCUT2D eigenvalue weighted by atomic mass is 19.1. The van der Waals surface area contributed by atoms with Gasteiger partial charge in [-0.25, -0.2) is 4.39 Å². The Hall–Kier alpha value is -3.98. The number of carbonyl (C=O) groups is 2. The minimum Gasteiger partial charge on any atom is -0.322 e. The summed E-state index contributed by atoms with van der Waals surface area (Å²) in [5.74, 6) is -1.21. The minimum absolute atomic E-state index is 0.290. The zero-order valence-electron chi connectivity index (χ0n) is 14.1. The van der Waals surface area contributed by atoms with Crippen LogP contribution in [0.25, 0.3) is 0 Å². The lowest BCUT2D eigenvalue weighted by Gasteiger charge is -2.08. The third-order valence-corrected chi connectivity index (χ3v) is 3.74.